The molecule has 0 atom stereocenters. The molecule has 0 heterocycles. The zero-order valence-corrected chi connectivity index (χ0v) is 10.9. The van der Waals surface area contributed by atoms with Crippen molar-refractivity contribution in [3.05, 3.63) is 70.5 Å². The molecule has 0 unspecified atom stereocenters. The number of hydrogen-bond donors (Lipinski definition) is 0. The molecule has 1 nitrogen and oxygen atoms in total. The second-order valence-corrected chi connectivity index (χ2v) is 4.64. The fourth-order valence-electron chi connectivity index (χ4n) is 2.00. The third kappa shape index (κ3) is 3.07. The summed E-state index contributed by atoms with van der Waals surface area (Å²) < 4.78 is 39.3. The van der Waals surface area contributed by atoms with Crippen LogP contribution in [0.5, 0.6) is 0 Å². The number of Topliss-reactive ketones (excluding diaryl/α,β-unsaturated/α-hetero) is 1. The lowest BCUT2D eigenvalue weighted by Crippen LogP contribution is -2.07. The minimum Gasteiger partial charge on any atom is -0.294 e. The van der Waals surface area contributed by atoms with Gasteiger partial charge in [-0.3, -0.25) is 4.79 Å². The van der Waals surface area contributed by atoms with E-state index in [0.29, 0.717) is 6.42 Å². The predicted octanol–water partition coefficient (Wildman–Crippen LogP) is 4.23. The first-order valence-corrected chi connectivity index (χ1v) is 6.21. The monoisotopic (exact) mass is 278 g/mol. The van der Waals surface area contributed by atoms with Gasteiger partial charge in [-0.25, -0.2) is 13.2 Å². The van der Waals surface area contributed by atoms with Gasteiger partial charge in [-0.2, -0.15) is 0 Å². The standard InChI is InChI=1S/C16H13F3O/c1-10-3-2-4-11(9-10)5-8-14(20)12-6-7-13(17)16(19)15(12)18/h2-4,6-7,9H,5,8H2,1H3. The Morgan fingerprint density at radius 1 is 1.05 bits per heavy atom. The Bertz CT molecular complexity index is 650. The summed E-state index contributed by atoms with van der Waals surface area (Å²) in [5.74, 6) is -4.86. The van der Waals surface area contributed by atoms with E-state index in [1.54, 1.807) is 0 Å². The molecule has 0 radical (unpaired) electrons. The van der Waals surface area contributed by atoms with E-state index in [9.17, 15) is 18.0 Å². The number of aryl methyl sites for hydroxylation is 2. The highest BCUT2D eigenvalue weighted by molar-refractivity contribution is 5.96. The van der Waals surface area contributed by atoms with Gasteiger partial charge in [0.2, 0.25) is 0 Å². The van der Waals surface area contributed by atoms with E-state index in [4.69, 9.17) is 0 Å². The van der Waals surface area contributed by atoms with E-state index >= 15 is 0 Å². The van der Waals surface area contributed by atoms with Crippen molar-refractivity contribution in [2.24, 2.45) is 0 Å². The maximum absolute atomic E-state index is 13.5. The number of halogens is 3. The minimum atomic E-state index is -1.61. The highest BCUT2D eigenvalue weighted by Crippen LogP contribution is 2.17. The van der Waals surface area contributed by atoms with Crippen LogP contribution in [0.3, 0.4) is 0 Å². The molecular formula is C16H13F3O. The van der Waals surface area contributed by atoms with Crippen LogP contribution in [-0.2, 0) is 6.42 Å². The van der Waals surface area contributed by atoms with Gasteiger partial charge in [-0.05, 0) is 31.0 Å². The molecule has 0 saturated carbocycles. The SMILES string of the molecule is Cc1cccc(CCC(=O)c2ccc(F)c(F)c2F)c1. The maximum atomic E-state index is 13.5. The van der Waals surface area contributed by atoms with Gasteiger partial charge in [0, 0.05) is 6.42 Å². The summed E-state index contributed by atoms with van der Waals surface area (Å²) in [4.78, 5) is 11.9. The predicted molar refractivity (Wildman–Crippen MR) is 70.1 cm³/mol. The van der Waals surface area contributed by atoms with Gasteiger partial charge in [0.25, 0.3) is 0 Å². The van der Waals surface area contributed by atoms with Crippen molar-refractivity contribution in [1.82, 2.24) is 0 Å². The van der Waals surface area contributed by atoms with Crippen molar-refractivity contribution < 1.29 is 18.0 Å². The van der Waals surface area contributed by atoms with Crippen molar-refractivity contribution in [2.45, 2.75) is 19.8 Å². The van der Waals surface area contributed by atoms with Gasteiger partial charge in [-0.1, -0.05) is 29.8 Å². The zero-order valence-electron chi connectivity index (χ0n) is 10.9. The van der Waals surface area contributed by atoms with Crippen molar-refractivity contribution in [1.29, 1.82) is 0 Å². The van der Waals surface area contributed by atoms with Crippen LogP contribution in [0, 0.1) is 24.4 Å². The van der Waals surface area contributed by atoms with Crippen molar-refractivity contribution in [3.8, 4) is 0 Å². The Morgan fingerprint density at radius 2 is 1.80 bits per heavy atom. The molecule has 0 bridgehead atoms. The van der Waals surface area contributed by atoms with Crippen LogP contribution in [0.2, 0.25) is 0 Å². The second kappa shape index (κ2) is 5.90. The van der Waals surface area contributed by atoms with Crippen LogP contribution in [0.15, 0.2) is 36.4 Å². The van der Waals surface area contributed by atoms with Gasteiger partial charge >= 0.3 is 0 Å². The highest BCUT2D eigenvalue weighted by Gasteiger charge is 2.18. The molecule has 0 saturated heterocycles. The topological polar surface area (TPSA) is 17.1 Å². The number of carbonyl (C=O) groups is 1. The molecule has 4 heteroatoms. The summed E-state index contributed by atoms with van der Waals surface area (Å²) in [6, 6.07) is 9.33. The number of ketones is 1. The minimum absolute atomic E-state index is 0.0471. The Hall–Kier alpha value is -2.10. The molecule has 0 N–H and O–H groups in total. The maximum Gasteiger partial charge on any atom is 0.195 e. The number of carbonyl (C=O) groups excluding carboxylic acids is 1. The second-order valence-electron chi connectivity index (χ2n) is 4.64. The van der Waals surface area contributed by atoms with Crippen LogP contribution < -0.4 is 0 Å². The molecule has 0 aliphatic rings. The fourth-order valence-corrected chi connectivity index (χ4v) is 2.00. The Kier molecular flexibility index (Phi) is 4.23. The quantitative estimate of drug-likeness (QED) is 0.604. The number of benzene rings is 2. The van der Waals surface area contributed by atoms with Gasteiger partial charge in [0.05, 0.1) is 5.56 Å². The first kappa shape index (κ1) is 14.3. The number of rotatable bonds is 4. The van der Waals surface area contributed by atoms with Crippen molar-refractivity contribution in [3.63, 3.8) is 0 Å². The highest BCUT2D eigenvalue weighted by atomic mass is 19.2. The van der Waals surface area contributed by atoms with E-state index in [1.807, 2.05) is 31.2 Å². The molecule has 104 valence electrons. The van der Waals surface area contributed by atoms with Crippen LogP contribution in [0.4, 0.5) is 13.2 Å². The summed E-state index contributed by atoms with van der Waals surface area (Å²) in [5, 5.41) is 0. The van der Waals surface area contributed by atoms with Crippen LogP contribution >= 0.6 is 0 Å². The Balaban J connectivity index is 2.11. The molecule has 2 rings (SSSR count). The van der Waals surface area contributed by atoms with Crippen molar-refractivity contribution in [2.75, 3.05) is 0 Å². The average Bonchev–Trinajstić information content (AvgIpc) is 2.42. The summed E-state index contributed by atoms with van der Waals surface area (Å²) in [7, 11) is 0. The largest absolute Gasteiger partial charge is 0.294 e. The van der Waals surface area contributed by atoms with Gasteiger partial charge in [0.15, 0.2) is 23.2 Å². The Labute approximate surface area is 115 Å². The van der Waals surface area contributed by atoms with Crippen molar-refractivity contribution >= 4 is 5.78 Å². The van der Waals surface area contributed by atoms with Crippen LogP contribution in [0.25, 0.3) is 0 Å². The summed E-state index contributed by atoms with van der Waals surface area (Å²) in [5.41, 5.74) is 1.60. The van der Waals surface area contributed by atoms with Gasteiger partial charge in [-0.15, -0.1) is 0 Å². The molecule has 0 amide bonds. The number of hydrogen-bond acceptors (Lipinski definition) is 1. The lowest BCUT2D eigenvalue weighted by atomic mass is 10.0. The van der Waals surface area contributed by atoms with Crippen LogP contribution in [0.1, 0.15) is 27.9 Å². The van der Waals surface area contributed by atoms with Gasteiger partial charge in [0.1, 0.15) is 0 Å². The summed E-state index contributed by atoms with van der Waals surface area (Å²) in [6.45, 7) is 1.93. The molecule has 20 heavy (non-hydrogen) atoms. The molecule has 2 aromatic carbocycles. The molecule has 0 aliphatic carbocycles. The van der Waals surface area contributed by atoms with E-state index in [-0.39, 0.29) is 6.42 Å². The average molecular weight is 278 g/mol. The summed E-state index contributed by atoms with van der Waals surface area (Å²) >= 11 is 0. The molecule has 0 spiro atoms. The summed E-state index contributed by atoms with van der Waals surface area (Å²) in [6.07, 6.45) is 0.477. The van der Waals surface area contributed by atoms with E-state index in [1.165, 1.54) is 0 Å². The van der Waals surface area contributed by atoms with Crippen LogP contribution in [-0.4, -0.2) is 5.78 Å². The Morgan fingerprint density at radius 3 is 2.50 bits per heavy atom. The lowest BCUT2D eigenvalue weighted by Gasteiger charge is -2.05. The molecular weight excluding hydrogens is 265 g/mol. The molecule has 0 aromatic heterocycles. The van der Waals surface area contributed by atoms with E-state index in [2.05, 4.69) is 0 Å². The first-order valence-electron chi connectivity index (χ1n) is 6.21. The van der Waals surface area contributed by atoms with E-state index < -0.39 is 28.8 Å². The normalized spacial score (nSPS) is 10.6. The molecule has 2 aromatic rings. The van der Waals surface area contributed by atoms with Gasteiger partial charge < -0.3 is 0 Å². The third-order valence-electron chi connectivity index (χ3n) is 3.06. The van der Waals surface area contributed by atoms with E-state index in [0.717, 1.165) is 23.3 Å². The molecule has 0 aliphatic heterocycles. The zero-order chi connectivity index (χ0) is 14.7. The molecule has 0 fully saturated rings. The first-order chi connectivity index (χ1) is 9.49. The smallest absolute Gasteiger partial charge is 0.195 e. The lowest BCUT2D eigenvalue weighted by molar-refractivity contribution is 0.0977. The third-order valence-corrected chi connectivity index (χ3v) is 3.06. The fraction of sp³-hybridized carbons (Fsp3) is 0.188.